The molecule has 31 heavy (non-hydrogen) atoms. The predicted octanol–water partition coefficient (Wildman–Crippen LogP) is 1.92. The van der Waals surface area contributed by atoms with Crippen molar-refractivity contribution in [2.75, 3.05) is 33.9 Å². The van der Waals surface area contributed by atoms with Crippen molar-refractivity contribution >= 4 is 22.7 Å². The number of aromatic nitrogens is 2. The molecule has 162 valence electrons. The molecule has 2 amide bonds. The van der Waals surface area contributed by atoms with Crippen LogP contribution in [0.1, 0.15) is 22.6 Å². The smallest absolute Gasteiger partial charge is 0.265 e. The average Bonchev–Trinajstić information content (AvgIpc) is 2.76. The van der Waals surface area contributed by atoms with Gasteiger partial charge < -0.3 is 15.0 Å². The van der Waals surface area contributed by atoms with Crippen LogP contribution in [0.25, 0.3) is 16.6 Å². The van der Waals surface area contributed by atoms with Gasteiger partial charge in [0.2, 0.25) is 5.91 Å². The topological polar surface area (TPSA) is 93.5 Å². The molecule has 3 aromatic rings. The number of methoxy groups -OCH3 is 1. The van der Waals surface area contributed by atoms with Crippen LogP contribution in [0, 0.1) is 6.92 Å². The van der Waals surface area contributed by atoms with Crippen molar-refractivity contribution in [3.63, 3.8) is 0 Å². The molecule has 8 heteroatoms. The first-order chi connectivity index (χ1) is 14.9. The van der Waals surface area contributed by atoms with Gasteiger partial charge in [-0.2, -0.15) is 0 Å². The largest absolute Gasteiger partial charge is 0.385 e. The molecule has 3 rings (SSSR count). The number of amides is 2. The Morgan fingerprint density at radius 2 is 1.84 bits per heavy atom. The van der Waals surface area contributed by atoms with Gasteiger partial charge in [-0.05, 0) is 49.7 Å². The molecule has 0 fully saturated rings. The summed E-state index contributed by atoms with van der Waals surface area (Å²) >= 11 is 0. The van der Waals surface area contributed by atoms with Crippen molar-refractivity contribution in [1.82, 2.24) is 19.8 Å². The lowest BCUT2D eigenvalue weighted by Crippen LogP contribution is -2.38. The highest BCUT2D eigenvalue weighted by molar-refractivity contribution is 5.96. The first-order valence-electron chi connectivity index (χ1n) is 10.0. The summed E-state index contributed by atoms with van der Waals surface area (Å²) < 4.78 is 6.46. The van der Waals surface area contributed by atoms with Crippen LogP contribution in [-0.4, -0.2) is 60.1 Å². The fraction of sp³-hybridized carbons (Fsp3) is 0.304. The minimum atomic E-state index is -0.278. The van der Waals surface area contributed by atoms with Crippen molar-refractivity contribution < 1.29 is 14.3 Å². The van der Waals surface area contributed by atoms with E-state index in [2.05, 4.69) is 10.3 Å². The molecule has 0 unspecified atom stereocenters. The number of carbonyl (C=O) groups is 2. The zero-order valence-corrected chi connectivity index (χ0v) is 17.9. The van der Waals surface area contributed by atoms with Crippen LogP contribution in [-0.2, 0) is 9.53 Å². The van der Waals surface area contributed by atoms with E-state index in [1.165, 1.54) is 9.47 Å². The van der Waals surface area contributed by atoms with Crippen molar-refractivity contribution in [3.05, 3.63) is 70.3 Å². The lowest BCUT2D eigenvalue weighted by Gasteiger charge is -2.17. The SMILES string of the molecule is COCCCNC(=O)CN(C)C(=O)c1ccc(-n2c(C)nc3ccccc3c2=O)cc1. The lowest BCUT2D eigenvalue weighted by molar-refractivity contribution is -0.121. The zero-order chi connectivity index (χ0) is 22.4. The number of ether oxygens (including phenoxy) is 1. The van der Waals surface area contributed by atoms with E-state index in [9.17, 15) is 14.4 Å². The van der Waals surface area contributed by atoms with Crippen LogP contribution in [0.4, 0.5) is 0 Å². The van der Waals surface area contributed by atoms with Gasteiger partial charge in [0, 0.05) is 32.9 Å². The normalized spacial score (nSPS) is 10.8. The standard InChI is InChI=1S/C23H26N4O4/c1-16-25-20-8-5-4-7-19(20)23(30)27(16)18-11-9-17(10-12-18)22(29)26(2)15-21(28)24-13-6-14-31-3/h4-5,7-12H,6,13-15H2,1-3H3,(H,24,28). The summed E-state index contributed by atoms with van der Waals surface area (Å²) in [7, 11) is 3.18. The Hall–Kier alpha value is -3.52. The Kier molecular flexibility index (Phi) is 7.15. The number of benzene rings is 2. The zero-order valence-electron chi connectivity index (χ0n) is 17.9. The number of likely N-dealkylation sites (N-methyl/N-ethyl adjacent to an activating group) is 1. The van der Waals surface area contributed by atoms with E-state index in [0.29, 0.717) is 47.6 Å². The van der Waals surface area contributed by atoms with E-state index in [-0.39, 0.29) is 23.9 Å². The number of hydrogen-bond donors (Lipinski definition) is 1. The average molecular weight is 422 g/mol. The molecule has 0 aliphatic rings. The number of nitrogens with zero attached hydrogens (tertiary/aromatic N) is 3. The van der Waals surface area contributed by atoms with Gasteiger partial charge in [0.15, 0.2) is 0 Å². The molecular formula is C23H26N4O4. The Morgan fingerprint density at radius 3 is 2.55 bits per heavy atom. The fourth-order valence-electron chi connectivity index (χ4n) is 3.31. The highest BCUT2D eigenvalue weighted by Crippen LogP contribution is 2.14. The van der Waals surface area contributed by atoms with E-state index < -0.39 is 0 Å². The van der Waals surface area contributed by atoms with E-state index >= 15 is 0 Å². The van der Waals surface area contributed by atoms with Crippen molar-refractivity contribution in [1.29, 1.82) is 0 Å². The number of carbonyl (C=O) groups excluding carboxylic acids is 2. The second-order valence-electron chi connectivity index (χ2n) is 7.22. The van der Waals surface area contributed by atoms with Gasteiger partial charge in [0.05, 0.1) is 23.1 Å². The first kappa shape index (κ1) is 22.2. The Labute approximate surface area is 180 Å². The van der Waals surface area contributed by atoms with E-state index in [1.54, 1.807) is 63.5 Å². The predicted molar refractivity (Wildman–Crippen MR) is 119 cm³/mol. The van der Waals surface area contributed by atoms with Crippen molar-refractivity contribution in [2.45, 2.75) is 13.3 Å². The molecule has 0 aliphatic heterocycles. The highest BCUT2D eigenvalue weighted by atomic mass is 16.5. The molecule has 0 radical (unpaired) electrons. The molecule has 0 aliphatic carbocycles. The summed E-state index contributed by atoms with van der Waals surface area (Å²) in [6.45, 7) is 2.79. The Balaban J connectivity index is 1.73. The summed E-state index contributed by atoms with van der Waals surface area (Å²) in [4.78, 5) is 43.4. The number of rotatable bonds is 8. The van der Waals surface area contributed by atoms with E-state index in [4.69, 9.17) is 4.74 Å². The van der Waals surface area contributed by atoms with Crippen molar-refractivity contribution in [3.8, 4) is 5.69 Å². The molecule has 0 saturated carbocycles. The van der Waals surface area contributed by atoms with Crippen molar-refractivity contribution in [2.24, 2.45) is 0 Å². The molecule has 2 aromatic carbocycles. The molecular weight excluding hydrogens is 396 g/mol. The third-order valence-electron chi connectivity index (χ3n) is 4.89. The van der Waals surface area contributed by atoms with Crippen LogP contribution in [0.15, 0.2) is 53.3 Å². The van der Waals surface area contributed by atoms with E-state index in [0.717, 1.165) is 0 Å². The Morgan fingerprint density at radius 1 is 1.13 bits per heavy atom. The molecule has 1 aromatic heterocycles. The van der Waals surface area contributed by atoms with Gasteiger partial charge in [-0.15, -0.1) is 0 Å². The van der Waals surface area contributed by atoms with Crippen LogP contribution < -0.4 is 10.9 Å². The quantitative estimate of drug-likeness (QED) is 0.560. The number of para-hydroxylation sites is 1. The maximum Gasteiger partial charge on any atom is 0.265 e. The van der Waals surface area contributed by atoms with Gasteiger partial charge in [0.1, 0.15) is 5.82 Å². The molecule has 0 spiro atoms. The second-order valence-corrected chi connectivity index (χ2v) is 7.22. The minimum absolute atomic E-state index is 0.0409. The van der Waals surface area contributed by atoms with Gasteiger partial charge in [-0.1, -0.05) is 12.1 Å². The minimum Gasteiger partial charge on any atom is -0.385 e. The first-order valence-corrected chi connectivity index (χ1v) is 10.0. The lowest BCUT2D eigenvalue weighted by atomic mass is 10.1. The summed E-state index contributed by atoms with van der Waals surface area (Å²) in [5.74, 6) is 0.0531. The molecule has 1 N–H and O–H groups in total. The van der Waals surface area contributed by atoms with Crippen LogP contribution in [0.5, 0.6) is 0 Å². The van der Waals surface area contributed by atoms with Crippen LogP contribution in [0.3, 0.4) is 0 Å². The van der Waals surface area contributed by atoms with Crippen LogP contribution >= 0.6 is 0 Å². The van der Waals surface area contributed by atoms with Gasteiger partial charge in [0.25, 0.3) is 11.5 Å². The summed E-state index contributed by atoms with van der Waals surface area (Å²) in [5, 5.41) is 3.29. The Bertz CT molecular complexity index is 1140. The van der Waals surface area contributed by atoms with Gasteiger partial charge in [-0.25, -0.2) is 4.98 Å². The number of aryl methyl sites for hydroxylation is 1. The molecule has 0 saturated heterocycles. The monoisotopic (exact) mass is 422 g/mol. The number of fused-ring (bicyclic) bond motifs is 1. The second kappa shape index (κ2) is 9.99. The summed E-state index contributed by atoms with van der Waals surface area (Å²) in [6.07, 6.45) is 0.712. The fourth-order valence-corrected chi connectivity index (χ4v) is 3.31. The molecule has 0 atom stereocenters. The van der Waals surface area contributed by atoms with Crippen LogP contribution in [0.2, 0.25) is 0 Å². The van der Waals surface area contributed by atoms with Gasteiger partial charge in [-0.3, -0.25) is 19.0 Å². The summed E-state index contributed by atoms with van der Waals surface area (Å²) in [5.41, 5.74) is 1.54. The maximum atomic E-state index is 12.9. The van der Waals surface area contributed by atoms with Gasteiger partial charge >= 0.3 is 0 Å². The molecule has 8 nitrogen and oxygen atoms in total. The maximum absolute atomic E-state index is 12.9. The number of hydrogen-bond acceptors (Lipinski definition) is 5. The third-order valence-corrected chi connectivity index (χ3v) is 4.89. The summed E-state index contributed by atoms with van der Waals surface area (Å²) in [6, 6.07) is 13.9. The highest BCUT2D eigenvalue weighted by Gasteiger charge is 2.16. The third kappa shape index (κ3) is 5.16. The van der Waals surface area contributed by atoms with E-state index in [1.807, 2.05) is 6.07 Å². The molecule has 0 bridgehead atoms. The number of nitrogens with one attached hydrogen (secondary N) is 1. The molecule has 1 heterocycles.